The van der Waals surface area contributed by atoms with E-state index in [0.29, 0.717) is 12.5 Å². The van der Waals surface area contributed by atoms with Gasteiger partial charge in [0, 0.05) is 37.3 Å². The molecule has 0 spiro atoms. The SMILES string of the molecule is COC1CCN(C(=O)CCSc2ccc(C)cc2)CC1. The highest BCUT2D eigenvalue weighted by Gasteiger charge is 2.21. The number of piperidine rings is 1. The maximum Gasteiger partial charge on any atom is 0.223 e. The fourth-order valence-electron chi connectivity index (χ4n) is 2.39. The molecule has 1 aliphatic rings. The van der Waals surface area contributed by atoms with Gasteiger partial charge in [-0.2, -0.15) is 0 Å². The first-order valence-electron chi connectivity index (χ1n) is 7.19. The maximum atomic E-state index is 12.1. The highest BCUT2D eigenvalue weighted by Crippen LogP contribution is 2.20. The van der Waals surface area contributed by atoms with E-state index in [0.717, 1.165) is 31.7 Å². The molecular weight excluding hydrogens is 270 g/mol. The Morgan fingerprint density at radius 3 is 2.55 bits per heavy atom. The van der Waals surface area contributed by atoms with Crippen molar-refractivity contribution in [3.63, 3.8) is 0 Å². The first kappa shape index (κ1) is 15.4. The lowest BCUT2D eigenvalue weighted by Crippen LogP contribution is -2.40. The molecule has 0 unspecified atom stereocenters. The highest BCUT2D eigenvalue weighted by atomic mass is 32.2. The summed E-state index contributed by atoms with van der Waals surface area (Å²) in [4.78, 5) is 15.3. The van der Waals surface area contributed by atoms with E-state index in [-0.39, 0.29) is 5.91 Å². The largest absolute Gasteiger partial charge is 0.381 e. The molecule has 1 fully saturated rings. The van der Waals surface area contributed by atoms with Crippen LogP contribution in [0.15, 0.2) is 29.2 Å². The normalized spacial score (nSPS) is 16.4. The van der Waals surface area contributed by atoms with Gasteiger partial charge in [0.1, 0.15) is 0 Å². The van der Waals surface area contributed by atoms with Crippen molar-refractivity contribution in [2.24, 2.45) is 0 Å². The van der Waals surface area contributed by atoms with Gasteiger partial charge in [0.05, 0.1) is 6.10 Å². The molecule has 0 radical (unpaired) electrons. The van der Waals surface area contributed by atoms with Crippen molar-refractivity contribution in [3.05, 3.63) is 29.8 Å². The van der Waals surface area contributed by atoms with Gasteiger partial charge in [-0.15, -0.1) is 11.8 Å². The Bertz CT molecular complexity index is 425. The van der Waals surface area contributed by atoms with Gasteiger partial charge in [-0.25, -0.2) is 0 Å². The Morgan fingerprint density at radius 1 is 1.30 bits per heavy atom. The van der Waals surface area contributed by atoms with Gasteiger partial charge in [-0.3, -0.25) is 4.79 Å². The molecule has 1 aromatic carbocycles. The Labute approximate surface area is 125 Å². The number of hydrogen-bond donors (Lipinski definition) is 0. The van der Waals surface area contributed by atoms with Crippen LogP contribution in [0.25, 0.3) is 0 Å². The summed E-state index contributed by atoms with van der Waals surface area (Å²) in [6.07, 6.45) is 2.89. The number of thioether (sulfide) groups is 1. The molecule has 0 aliphatic carbocycles. The third kappa shape index (κ3) is 4.53. The zero-order valence-electron chi connectivity index (χ0n) is 12.3. The summed E-state index contributed by atoms with van der Waals surface area (Å²) in [6, 6.07) is 8.46. The van der Waals surface area contributed by atoms with Crippen LogP contribution in [0.2, 0.25) is 0 Å². The van der Waals surface area contributed by atoms with Crippen LogP contribution in [0.5, 0.6) is 0 Å². The summed E-state index contributed by atoms with van der Waals surface area (Å²) in [5.74, 6) is 1.13. The predicted octanol–water partition coefficient (Wildman–Crippen LogP) is 3.11. The van der Waals surface area contributed by atoms with Gasteiger partial charge in [-0.05, 0) is 31.9 Å². The van der Waals surface area contributed by atoms with E-state index >= 15 is 0 Å². The summed E-state index contributed by atoms with van der Waals surface area (Å²) in [6.45, 7) is 3.76. The predicted molar refractivity (Wildman–Crippen MR) is 83.1 cm³/mol. The van der Waals surface area contributed by atoms with E-state index in [2.05, 4.69) is 31.2 Å². The lowest BCUT2D eigenvalue weighted by Gasteiger charge is -2.31. The molecule has 110 valence electrons. The maximum absolute atomic E-state index is 12.1. The van der Waals surface area contributed by atoms with Gasteiger partial charge in [0.25, 0.3) is 0 Å². The number of aryl methyl sites for hydroxylation is 1. The molecule has 4 heteroatoms. The number of benzene rings is 1. The Balaban J connectivity index is 1.69. The number of ether oxygens (including phenoxy) is 1. The molecule has 1 saturated heterocycles. The van der Waals surface area contributed by atoms with Crippen LogP contribution in [-0.4, -0.2) is 42.9 Å². The molecule has 1 aliphatic heterocycles. The van der Waals surface area contributed by atoms with E-state index < -0.39 is 0 Å². The van der Waals surface area contributed by atoms with Gasteiger partial charge in [0.2, 0.25) is 5.91 Å². The molecule has 0 aromatic heterocycles. The number of carbonyl (C=O) groups is 1. The van der Waals surface area contributed by atoms with Gasteiger partial charge >= 0.3 is 0 Å². The second-order valence-corrected chi connectivity index (χ2v) is 6.40. The lowest BCUT2D eigenvalue weighted by atomic mass is 10.1. The van der Waals surface area contributed by atoms with Crippen LogP contribution in [-0.2, 0) is 9.53 Å². The minimum atomic E-state index is 0.277. The van der Waals surface area contributed by atoms with Crippen LogP contribution in [0.3, 0.4) is 0 Å². The molecule has 1 amide bonds. The van der Waals surface area contributed by atoms with Crippen molar-refractivity contribution in [3.8, 4) is 0 Å². The van der Waals surface area contributed by atoms with Gasteiger partial charge in [-0.1, -0.05) is 17.7 Å². The average molecular weight is 293 g/mol. The zero-order valence-corrected chi connectivity index (χ0v) is 13.1. The van der Waals surface area contributed by atoms with Crippen molar-refractivity contribution < 1.29 is 9.53 Å². The Morgan fingerprint density at radius 2 is 1.95 bits per heavy atom. The van der Waals surface area contributed by atoms with Crippen LogP contribution < -0.4 is 0 Å². The molecule has 0 saturated carbocycles. The fraction of sp³-hybridized carbons (Fsp3) is 0.562. The van der Waals surface area contributed by atoms with Crippen molar-refractivity contribution in [1.29, 1.82) is 0 Å². The summed E-state index contributed by atoms with van der Waals surface area (Å²) in [7, 11) is 1.75. The van der Waals surface area contributed by atoms with Crippen molar-refractivity contribution in [1.82, 2.24) is 4.90 Å². The second-order valence-electron chi connectivity index (χ2n) is 5.23. The third-order valence-electron chi connectivity index (χ3n) is 3.73. The van der Waals surface area contributed by atoms with Crippen molar-refractivity contribution in [2.45, 2.75) is 37.2 Å². The third-order valence-corrected chi connectivity index (χ3v) is 4.75. The Kier molecular flexibility index (Phi) is 5.92. The van der Waals surface area contributed by atoms with E-state index in [1.165, 1.54) is 10.5 Å². The molecule has 0 bridgehead atoms. The Hall–Kier alpha value is -1.00. The molecule has 0 atom stereocenters. The fourth-order valence-corrected chi connectivity index (χ4v) is 3.23. The van der Waals surface area contributed by atoms with Crippen molar-refractivity contribution in [2.75, 3.05) is 26.0 Å². The van der Waals surface area contributed by atoms with Crippen LogP contribution in [0.4, 0.5) is 0 Å². The van der Waals surface area contributed by atoms with Crippen LogP contribution in [0, 0.1) is 6.92 Å². The number of hydrogen-bond acceptors (Lipinski definition) is 3. The van der Waals surface area contributed by atoms with Gasteiger partial charge in [0.15, 0.2) is 0 Å². The minimum absolute atomic E-state index is 0.277. The summed E-state index contributed by atoms with van der Waals surface area (Å²) < 4.78 is 5.33. The van der Waals surface area contributed by atoms with Crippen LogP contribution in [0.1, 0.15) is 24.8 Å². The molecule has 1 heterocycles. The number of nitrogens with zero attached hydrogens (tertiary/aromatic N) is 1. The number of methoxy groups -OCH3 is 1. The number of rotatable bonds is 5. The first-order chi connectivity index (χ1) is 9.69. The summed E-state index contributed by atoms with van der Waals surface area (Å²) >= 11 is 1.75. The number of amides is 1. The number of likely N-dealkylation sites (tertiary alicyclic amines) is 1. The quantitative estimate of drug-likeness (QED) is 0.781. The average Bonchev–Trinajstić information content (AvgIpc) is 2.49. The van der Waals surface area contributed by atoms with E-state index in [4.69, 9.17) is 4.74 Å². The summed E-state index contributed by atoms with van der Waals surface area (Å²) in [5, 5.41) is 0. The molecular formula is C16H23NO2S. The molecule has 20 heavy (non-hydrogen) atoms. The monoisotopic (exact) mass is 293 g/mol. The van der Waals surface area contributed by atoms with Crippen LogP contribution >= 0.6 is 11.8 Å². The van der Waals surface area contributed by atoms with E-state index in [1.54, 1.807) is 18.9 Å². The summed E-state index contributed by atoms with van der Waals surface area (Å²) in [5.41, 5.74) is 1.27. The second kappa shape index (κ2) is 7.70. The standard InChI is InChI=1S/C16H23NO2S/c1-13-3-5-15(6-4-13)20-12-9-16(18)17-10-7-14(19-2)8-11-17/h3-6,14H,7-12H2,1-2H3. The topological polar surface area (TPSA) is 29.5 Å². The molecule has 1 aromatic rings. The smallest absolute Gasteiger partial charge is 0.223 e. The molecule has 2 rings (SSSR count). The lowest BCUT2D eigenvalue weighted by molar-refractivity contribution is -0.133. The van der Waals surface area contributed by atoms with Crippen molar-refractivity contribution >= 4 is 17.7 Å². The number of carbonyl (C=O) groups excluding carboxylic acids is 1. The minimum Gasteiger partial charge on any atom is -0.381 e. The van der Waals surface area contributed by atoms with E-state index in [9.17, 15) is 4.79 Å². The molecule has 3 nitrogen and oxygen atoms in total. The van der Waals surface area contributed by atoms with Gasteiger partial charge < -0.3 is 9.64 Å². The molecule has 0 N–H and O–H groups in total. The highest BCUT2D eigenvalue weighted by molar-refractivity contribution is 7.99. The zero-order chi connectivity index (χ0) is 14.4. The first-order valence-corrected chi connectivity index (χ1v) is 8.17. The van der Waals surface area contributed by atoms with E-state index in [1.807, 2.05) is 4.90 Å².